The Hall–Kier alpha value is -4.44. The summed E-state index contributed by atoms with van der Waals surface area (Å²) in [4.78, 5) is 40.6. The van der Waals surface area contributed by atoms with Gasteiger partial charge in [-0.2, -0.15) is 0 Å². The molecule has 0 unspecified atom stereocenters. The van der Waals surface area contributed by atoms with E-state index in [4.69, 9.17) is 4.74 Å². The summed E-state index contributed by atoms with van der Waals surface area (Å²) in [6.45, 7) is 2.94. The van der Waals surface area contributed by atoms with Crippen molar-refractivity contribution in [3.05, 3.63) is 99.6 Å². The van der Waals surface area contributed by atoms with Gasteiger partial charge in [0.25, 0.3) is 11.6 Å². The number of nitro groups is 1. The first-order valence-electron chi connectivity index (χ1n) is 12.9. The van der Waals surface area contributed by atoms with E-state index in [1.54, 1.807) is 48.2 Å². The van der Waals surface area contributed by atoms with Gasteiger partial charge < -0.3 is 20.1 Å². The first-order chi connectivity index (χ1) is 18.8. The molecule has 10 heteroatoms. The van der Waals surface area contributed by atoms with Crippen LogP contribution in [0.3, 0.4) is 0 Å². The molecule has 0 aliphatic carbocycles. The SMILES string of the molecule is C[C@H](NC(=O)c1ccc(N2CCC(N3C(=O)OCc4ccccc43)CC2)c([N+](=O)[O-])c1)[C@@H](O)c1ccccc1. The quantitative estimate of drug-likeness (QED) is 0.339. The van der Waals surface area contributed by atoms with Crippen LogP contribution in [-0.2, 0) is 11.3 Å². The van der Waals surface area contributed by atoms with Crippen molar-refractivity contribution in [1.82, 2.24) is 5.32 Å². The lowest BCUT2D eigenvalue weighted by Crippen LogP contribution is -2.49. The standard InChI is InChI=1S/C29H30N4O6/c1-19(27(34)20-7-3-2-4-8-20)30-28(35)21-11-12-25(26(17-21)33(37)38)31-15-13-23(14-16-31)32-24-10-6-5-9-22(24)18-39-29(32)36/h2-12,17,19,23,27,34H,13-16,18H2,1H3,(H,30,35)/t19-,27+/m0/s1. The summed E-state index contributed by atoms with van der Waals surface area (Å²) in [5.41, 5.74) is 2.86. The van der Waals surface area contributed by atoms with Gasteiger partial charge in [0.1, 0.15) is 12.3 Å². The van der Waals surface area contributed by atoms with E-state index in [0.717, 1.165) is 11.3 Å². The monoisotopic (exact) mass is 530 g/mol. The molecule has 0 aromatic heterocycles. The van der Waals surface area contributed by atoms with Gasteiger partial charge >= 0.3 is 6.09 Å². The van der Waals surface area contributed by atoms with Gasteiger partial charge in [-0.05, 0) is 43.5 Å². The summed E-state index contributed by atoms with van der Waals surface area (Å²) < 4.78 is 5.37. The number of hydrogen-bond acceptors (Lipinski definition) is 7. The van der Waals surface area contributed by atoms with Crippen LogP contribution in [0.4, 0.5) is 21.9 Å². The molecule has 2 heterocycles. The maximum atomic E-state index is 12.9. The van der Waals surface area contributed by atoms with E-state index in [9.17, 15) is 24.8 Å². The Labute approximate surface area is 226 Å². The van der Waals surface area contributed by atoms with Gasteiger partial charge in [0.15, 0.2) is 0 Å². The van der Waals surface area contributed by atoms with E-state index in [2.05, 4.69) is 5.32 Å². The van der Waals surface area contributed by atoms with Crippen LogP contribution in [0.5, 0.6) is 0 Å². The molecule has 2 amide bonds. The molecule has 2 aliphatic rings. The maximum absolute atomic E-state index is 12.9. The number of para-hydroxylation sites is 1. The van der Waals surface area contributed by atoms with Crippen LogP contribution in [0.1, 0.15) is 47.4 Å². The Morgan fingerprint density at radius 1 is 1.05 bits per heavy atom. The summed E-state index contributed by atoms with van der Waals surface area (Å²) in [5.74, 6) is -0.506. The van der Waals surface area contributed by atoms with Crippen LogP contribution in [0, 0.1) is 10.1 Å². The van der Waals surface area contributed by atoms with Crippen LogP contribution in [0.25, 0.3) is 0 Å². The fraction of sp³-hybridized carbons (Fsp3) is 0.310. The minimum atomic E-state index is -0.921. The molecule has 0 spiro atoms. The molecule has 1 fully saturated rings. The number of ether oxygens (including phenoxy) is 1. The number of carbonyl (C=O) groups excluding carboxylic acids is 2. The smallest absolute Gasteiger partial charge is 0.414 e. The van der Waals surface area contributed by atoms with E-state index < -0.39 is 23.0 Å². The lowest BCUT2D eigenvalue weighted by Gasteiger charge is -2.40. The predicted molar refractivity (Wildman–Crippen MR) is 146 cm³/mol. The van der Waals surface area contributed by atoms with Gasteiger partial charge in [-0.15, -0.1) is 0 Å². The molecular formula is C29H30N4O6. The molecule has 2 atom stereocenters. The average Bonchev–Trinajstić information content (AvgIpc) is 2.97. The van der Waals surface area contributed by atoms with Crippen LogP contribution in [0.15, 0.2) is 72.8 Å². The zero-order chi connectivity index (χ0) is 27.5. The number of rotatable bonds is 7. The fourth-order valence-corrected chi connectivity index (χ4v) is 5.27. The van der Waals surface area contributed by atoms with Crippen molar-refractivity contribution in [2.45, 2.75) is 44.6 Å². The zero-order valence-electron chi connectivity index (χ0n) is 21.5. The number of aliphatic hydroxyl groups excluding tert-OH is 1. The molecule has 10 nitrogen and oxygen atoms in total. The van der Waals surface area contributed by atoms with Crippen molar-refractivity contribution in [3.63, 3.8) is 0 Å². The van der Waals surface area contributed by atoms with Gasteiger partial charge in [-0.25, -0.2) is 4.79 Å². The molecule has 3 aromatic carbocycles. The molecule has 2 N–H and O–H groups in total. The summed E-state index contributed by atoms with van der Waals surface area (Å²) in [5, 5.41) is 25.3. The van der Waals surface area contributed by atoms with Crippen molar-refractivity contribution in [2.75, 3.05) is 22.9 Å². The minimum Gasteiger partial charge on any atom is -0.444 e. The Morgan fingerprint density at radius 3 is 2.46 bits per heavy atom. The number of benzene rings is 3. The summed E-state index contributed by atoms with van der Waals surface area (Å²) >= 11 is 0. The van der Waals surface area contributed by atoms with Crippen LogP contribution < -0.4 is 15.1 Å². The predicted octanol–water partition coefficient (Wildman–Crippen LogP) is 4.57. The van der Waals surface area contributed by atoms with Crippen LogP contribution in [0.2, 0.25) is 0 Å². The highest BCUT2D eigenvalue weighted by Crippen LogP contribution is 2.35. The minimum absolute atomic E-state index is 0.0863. The molecule has 39 heavy (non-hydrogen) atoms. The topological polar surface area (TPSA) is 125 Å². The lowest BCUT2D eigenvalue weighted by molar-refractivity contribution is -0.384. The summed E-state index contributed by atoms with van der Waals surface area (Å²) in [6.07, 6.45) is -0.0786. The normalized spacial score (nSPS) is 17.1. The molecule has 3 aromatic rings. The van der Waals surface area contributed by atoms with Crippen LogP contribution in [-0.4, -0.2) is 47.2 Å². The Bertz CT molecular complexity index is 1370. The van der Waals surface area contributed by atoms with Gasteiger partial charge in [-0.3, -0.25) is 19.8 Å². The van der Waals surface area contributed by atoms with Crippen molar-refractivity contribution in [3.8, 4) is 0 Å². The number of anilines is 2. The molecule has 2 aliphatic heterocycles. The number of aliphatic hydroxyl groups is 1. The summed E-state index contributed by atoms with van der Waals surface area (Å²) in [6, 6.07) is 20.4. The van der Waals surface area contributed by atoms with Crippen molar-refractivity contribution < 1.29 is 24.4 Å². The molecule has 5 rings (SSSR count). The highest BCUT2D eigenvalue weighted by molar-refractivity contribution is 5.96. The molecule has 0 bridgehead atoms. The highest BCUT2D eigenvalue weighted by Gasteiger charge is 2.35. The van der Waals surface area contributed by atoms with Gasteiger partial charge in [-0.1, -0.05) is 48.5 Å². The average molecular weight is 531 g/mol. The number of hydrogen-bond donors (Lipinski definition) is 2. The third-order valence-electron chi connectivity index (χ3n) is 7.38. The number of piperidine rings is 1. The van der Waals surface area contributed by atoms with Crippen LogP contribution >= 0.6 is 0 Å². The number of amides is 2. The third kappa shape index (κ3) is 5.42. The van der Waals surface area contributed by atoms with E-state index in [0.29, 0.717) is 37.2 Å². The first kappa shape index (κ1) is 26.2. The molecule has 0 radical (unpaired) electrons. The number of nitrogens with zero attached hydrogens (tertiary/aromatic N) is 3. The molecular weight excluding hydrogens is 500 g/mol. The largest absolute Gasteiger partial charge is 0.444 e. The second-order valence-electron chi connectivity index (χ2n) is 9.85. The number of carbonyl (C=O) groups is 2. The zero-order valence-corrected chi connectivity index (χ0v) is 21.5. The van der Waals surface area contributed by atoms with Crippen molar-refractivity contribution in [2.24, 2.45) is 0 Å². The van der Waals surface area contributed by atoms with E-state index in [1.165, 1.54) is 6.07 Å². The second-order valence-corrected chi connectivity index (χ2v) is 9.85. The molecule has 1 saturated heterocycles. The lowest BCUT2D eigenvalue weighted by atomic mass is 9.99. The number of nitrogens with one attached hydrogen (secondary N) is 1. The number of fused-ring (bicyclic) bond motifs is 1. The van der Waals surface area contributed by atoms with Crippen molar-refractivity contribution in [1.29, 1.82) is 0 Å². The molecule has 0 saturated carbocycles. The third-order valence-corrected chi connectivity index (χ3v) is 7.38. The fourth-order valence-electron chi connectivity index (χ4n) is 5.27. The summed E-state index contributed by atoms with van der Waals surface area (Å²) in [7, 11) is 0. The van der Waals surface area contributed by atoms with Gasteiger partial charge in [0, 0.05) is 36.3 Å². The maximum Gasteiger partial charge on any atom is 0.414 e. The second kappa shape index (κ2) is 11.1. The molecule has 202 valence electrons. The highest BCUT2D eigenvalue weighted by atomic mass is 16.6. The van der Waals surface area contributed by atoms with E-state index in [-0.39, 0.29) is 30.0 Å². The van der Waals surface area contributed by atoms with Gasteiger partial charge in [0.2, 0.25) is 0 Å². The Balaban J connectivity index is 1.28. The van der Waals surface area contributed by atoms with Gasteiger partial charge in [0.05, 0.1) is 22.8 Å². The Kier molecular flexibility index (Phi) is 7.47. The van der Waals surface area contributed by atoms with E-state index >= 15 is 0 Å². The van der Waals surface area contributed by atoms with E-state index in [1.807, 2.05) is 35.2 Å². The Morgan fingerprint density at radius 2 is 1.74 bits per heavy atom. The number of nitro benzene ring substituents is 1. The number of cyclic esters (lactones) is 1. The van der Waals surface area contributed by atoms with Crippen molar-refractivity contribution >= 4 is 29.1 Å². The first-order valence-corrected chi connectivity index (χ1v) is 12.9.